The number of aliphatic imine (C=N–C) groups is 1. The summed E-state index contributed by atoms with van der Waals surface area (Å²) in [7, 11) is 3.46. The predicted octanol–water partition coefficient (Wildman–Crippen LogP) is 0.870. The van der Waals surface area contributed by atoms with E-state index < -0.39 is 0 Å². The number of rotatable bonds is 13. The fraction of sp³-hybridized carbons (Fsp3) is 0.895. The molecule has 0 aromatic heterocycles. The molecule has 0 spiro atoms. The van der Waals surface area contributed by atoms with Crippen LogP contribution in [0.4, 0.5) is 0 Å². The molecular weight excluding hydrogens is 348 g/mol. The molecule has 1 heterocycles. The minimum absolute atomic E-state index is 0.0230. The molecule has 0 unspecified atom stereocenters. The summed E-state index contributed by atoms with van der Waals surface area (Å²) in [6.07, 6.45) is 3.98. The van der Waals surface area contributed by atoms with Gasteiger partial charge in [-0.3, -0.25) is 4.79 Å². The van der Waals surface area contributed by atoms with Crippen molar-refractivity contribution in [3.05, 3.63) is 0 Å². The van der Waals surface area contributed by atoms with E-state index in [9.17, 15) is 4.79 Å². The SMILES string of the molecule is CCOCCCNC(=NCC(=O)N(C)C)NCCCOCC1CCOCC1. The molecule has 1 amide bonds. The monoisotopic (exact) mass is 386 g/mol. The van der Waals surface area contributed by atoms with Crippen LogP contribution in [-0.4, -0.2) is 90.1 Å². The topological polar surface area (TPSA) is 84.4 Å². The van der Waals surface area contributed by atoms with E-state index in [-0.39, 0.29) is 12.5 Å². The Bertz CT molecular complexity index is 413. The van der Waals surface area contributed by atoms with Crippen molar-refractivity contribution >= 4 is 11.9 Å². The van der Waals surface area contributed by atoms with Gasteiger partial charge in [-0.25, -0.2) is 4.99 Å². The molecule has 1 saturated heterocycles. The molecule has 1 aliphatic heterocycles. The number of carbonyl (C=O) groups is 1. The first-order valence-electron chi connectivity index (χ1n) is 10.1. The molecule has 0 saturated carbocycles. The van der Waals surface area contributed by atoms with E-state index >= 15 is 0 Å². The van der Waals surface area contributed by atoms with Gasteiger partial charge in [0.25, 0.3) is 0 Å². The second-order valence-corrected chi connectivity index (χ2v) is 6.84. The van der Waals surface area contributed by atoms with Crippen LogP contribution >= 0.6 is 0 Å². The van der Waals surface area contributed by atoms with Crippen LogP contribution in [-0.2, 0) is 19.0 Å². The molecule has 0 bridgehead atoms. The molecule has 0 aliphatic carbocycles. The first-order chi connectivity index (χ1) is 13.1. The van der Waals surface area contributed by atoms with Crippen LogP contribution in [0.1, 0.15) is 32.6 Å². The molecule has 2 N–H and O–H groups in total. The highest BCUT2D eigenvalue weighted by Crippen LogP contribution is 2.14. The molecule has 1 aliphatic rings. The number of hydrogen-bond donors (Lipinski definition) is 2. The fourth-order valence-electron chi connectivity index (χ4n) is 2.53. The van der Waals surface area contributed by atoms with Crippen molar-refractivity contribution in [2.24, 2.45) is 10.9 Å². The third-order valence-electron chi connectivity index (χ3n) is 4.29. The summed E-state index contributed by atoms with van der Waals surface area (Å²) in [4.78, 5) is 17.6. The van der Waals surface area contributed by atoms with Crippen LogP contribution in [0, 0.1) is 5.92 Å². The molecule has 8 nitrogen and oxygen atoms in total. The summed E-state index contributed by atoms with van der Waals surface area (Å²) in [6.45, 7) is 8.32. The van der Waals surface area contributed by atoms with E-state index in [4.69, 9.17) is 14.2 Å². The number of carbonyl (C=O) groups excluding carboxylic acids is 1. The summed E-state index contributed by atoms with van der Waals surface area (Å²) >= 11 is 0. The molecule has 0 radical (unpaired) electrons. The number of hydrogen-bond acceptors (Lipinski definition) is 5. The first-order valence-corrected chi connectivity index (χ1v) is 10.1. The van der Waals surface area contributed by atoms with Crippen molar-refractivity contribution in [2.75, 3.05) is 73.4 Å². The van der Waals surface area contributed by atoms with Crippen LogP contribution in [0.5, 0.6) is 0 Å². The number of nitrogens with zero attached hydrogens (tertiary/aromatic N) is 2. The van der Waals surface area contributed by atoms with E-state index in [1.54, 1.807) is 19.0 Å². The maximum Gasteiger partial charge on any atom is 0.243 e. The summed E-state index contributed by atoms with van der Waals surface area (Å²) in [5, 5.41) is 6.52. The lowest BCUT2D eigenvalue weighted by molar-refractivity contribution is -0.127. The lowest BCUT2D eigenvalue weighted by Gasteiger charge is -2.21. The second kappa shape index (κ2) is 15.7. The number of amides is 1. The number of ether oxygens (including phenoxy) is 3. The van der Waals surface area contributed by atoms with Crippen molar-refractivity contribution in [1.82, 2.24) is 15.5 Å². The van der Waals surface area contributed by atoms with Crippen LogP contribution in [0.15, 0.2) is 4.99 Å². The van der Waals surface area contributed by atoms with Gasteiger partial charge in [0, 0.05) is 66.8 Å². The Morgan fingerprint density at radius 1 is 1.11 bits per heavy atom. The fourth-order valence-corrected chi connectivity index (χ4v) is 2.53. The molecule has 0 atom stereocenters. The summed E-state index contributed by atoms with van der Waals surface area (Å²) < 4.78 is 16.5. The summed E-state index contributed by atoms with van der Waals surface area (Å²) in [6, 6.07) is 0. The lowest BCUT2D eigenvalue weighted by atomic mass is 10.0. The minimum Gasteiger partial charge on any atom is -0.382 e. The Morgan fingerprint density at radius 3 is 2.33 bits per heavy atom. The zero-order valence-corrected chi connectivity index (χ0v) is 17.3. The summed E-state index contributed by atoms with van der Waals surface area (Å²) in [5.74, 6) is 1.27. The van der Waals surface area contributed by atoms with Crippen molar-refractivity contribution in [1.29, 1.82) is 0 Å². The van der Waals surface area contributed by atoms with Crippen molar-refractivity contribution in [3.63, 3.8) is 0 Å². The van der Waals surface area contributed by atoms with Crippen LogP contribution < -0.4 is 10.6 Å². The van der Waals surface area contributed by atoms with Crippen LogP contribution in [0.3, 0.4) is 0 Å². The van der Waals surface area contributed by atoms with Crippen molar-refractivity contribution in [2.45, 2.75) is 32.6 Å². The van der Waals surface area contributed by atoms with Gasteiger partial charge in [-0.05, 0) is 38.5 Å². The van der Waals surface area contributed by atoms with E-state index in [0.29, 0.717) is 18.5 Å². The normalized spacial score (nSPS) is 15.6. The summed E-state index contributed by atoms with van der Waals surface area (Å²) in [5.41, 5.74) is 0. The van der Waals surface area contributed by atoms with Crippen LogP contribution in [0.25, 0.3) is 0 Å². The van der Waals surface area contributed by atoms with Gasteiger partial charge in [-0.2, -0.15) is 0 Å². The Hall–Kier alpha value is -1.38. The average Bonchev–Trinajstić information content (AvgIpc) is 2.68. The highest BCUT2D eigenvalue weighted by atomic mass is 16.5. The number of guanidine groups is 1. The first kappa shape index (κ1) is 23.7. The molecule has 8 heteroatoms. The third kappa shape index (κ3) is 12.6. The molecule has 0 aromatic carbocycles. The maximum absolute atomic E-state index is 11.7. The van der Waals surface area contributed by atoms with Gasteiger partial charge in [-0.15, -0.1) is 0 Å². The molecule has 1 rings (SSSR count). The average molecular weight is 387 g/mol. The van der Waals surface area contributed by atoms with Crippen molar-refractivity contribution in [3.8, 4) is 0 Å². The molecular formula is C19H38N4O4. The van der Waals surface area contributed by atoms with E-state index in [2.05, 4.69) is 15.6 Å². The Morgan fingerprint density at radius 2 is 1.74 bits per heavy atom. The molecule has 158 valence electrons. The van der Waals surface area contributed by atoms with Gasteiger partial charge in [0.15, 0.2) is 5.96 Å². The Labute approximate surface area is 164 Å². The second-order valence-electron chi connectivity index (χ2n) is 6.84. The zero-order chi connectivity index (χ0) is 19.7. The van der Waals surface area contributed by atoms with E-state index in [1.807, 2.05) is 6.92 Å². The maximum atomic E-state index is 11.7. The van der Waals surface area contributed by atoms with Gasteiger partial charge in [0.1, 0.15) is 6.54 Å². The van der Waals surface area contributed by atoms with E-state index in [1.165, 1.54) is 0 Å². The molecule has 27 heavy (non-hydrogen) atoms. The standard InChI is InChI=1S/C19H38N4O4/c1-4-25-11-5-9-20-19(22-15-18(24)23(2)3)21-10-6-12-27-16-17-7-13-26-14-8-17/h17H,4-16H2,1-3H3,(H2,20,21,22). The smallest absolute Gasteiger partial charge is 0.243 e. The zero-order valence-electron chi connectivity index (χ0n) is 17.3. The third-order valence-corrected chi connectivity index (χ3v) is 4.29. The largest absolute Gasteiger partial charge is 0.382 e. The Kier molecular flexibility index (Phi) is 13.7. The molecule has 1 fully saturated rings. The number of likely N-dealkylation sites (N-methyl/N-ethyl adjacent to an activating group) is 1. The van der Waals surface area contributed by atoms with Gasteiger partial charge in [0.2, 0.25) is 5.91 Å². The minimum atomic E-state index is -0.0230. The van der Waals surface area contributed by atoms with Crippen molar-refractivity contribution < 1.29 is 19.0 Å². The van der Waals surface area contributed by atoms with Gasteiger partial charge in [-0.1, -0.05) is 0 Å². The number of nitrogens with one attached hydrogen (secondary N) is 2. The van der Waals surface area contributed by atoms with Crippen LogP contribution in [0.2, 0.25) is 0 Å². The highest BCUT2D eigenvalue weighted by Gasteiger charge is 2.13. The quantitative estimate of drug-likeness (QED) is 0.278. The lowest BCUT2D eigenvalue weighted by Crippen LogP contribution is -2.40. The van der Waals surface area contributed by atoms with Gasteiger partial charge < -0.3 is 29.7 Å². The Balaban J connectivity index is 2.21. The predicted molar refractivity (Wildman–Crippen MR) is 107 cm³/mol. The van der Waals surface area contributed by atoms with Gasteiger partial charge >= 0.3 is 0 Å². The van der Waals surface area contributed by atoms with Gasteiger partial charge in [0.05, 0.1) is 0 Å². The highest BCUT2D eigenvalue weighted by molar-refractivity contribution is 5.84. The molecule has 0 aromatic rings. The van der Waals surface area contributed by atoms with E-state index in [0.717, 1.165) is 71.8 Å².